The van der Waals surface area contributed by atoms with E-state index in [2.05, 4.69) is 0 Å². The lowest BCUT2D eigenvalue weighted by molar-refractivity contribution is -0.135. The van der Waals surface area contributed by atoms with Gasteiger partial charge in [-0.2, -0.15) is 0 Å². The predicted molar refractivity (Wildman–Crippen MR) is 56.4 cm³/mol. The molecule has 1 saturated heterocycles. The smallest absolute Gasteiger partial charge is 0.224 e. The normalized spacial score (nSPS) is 16.7. The van der Waals surface area contributed by atoms with Crippen LogP contribution in [0, 0.1) is 0 Å². The SMILES string of the molecule is O=C(CCn1cccc1)N1CCOCC1. The van der Waals surface area contributed by atoms with Crippen molar-refractivity contribution in [3.05, 3.63) is 24.5 Å². The van der Waals surface area contributed by atoms with E-state index in [0.29, 0.717) is 19.6 Å². The number of morpholine rings is 1. The molecule has 0 N–H and O–H groups in total. The van der Waals surface area contributed by atoms with Crippen molar-refractivity contribution in [2.75, 3.05) is 26.3 Å². The van der Waals surface area contributed by atoms with Gasteiger partial charge in [-0.1, -0.05) is 0 Å². The number of aromatic nitrogens is 1. The van der Waals surface area contributed by atoms with Crippen LogP contribution < -0.4 is 0 Å². The van der Waals surface area contributed by atoms with E-state index in [0.717, 1.165) is 19.6 Å². The highest BCUT2D eigenvalue weighted by Gasteiger charge is 2.15. The molecular formula is C11H16N2O2. The molecular weight excluding hydrogens is 192 g/mol. The van der Waals surface area contributed by atoms with E-state index in [1.54, 1.807) is 0 Å². The molecule has 1 aromatic heterocycles. The third-order valence-corrected chi connectivity index (χ3v) is 2.61. The summed E-state index contributed by atoms with van der Waals surface area (Å²) in [5.74, 6) is 0.229. The Kier molecular flexibility index (Phi) is 3.40. The number of amides is 1. The van der Waals surface area contributed by atoms with Gasteiger partial charge in [0.15, 0.2) is 0 Å². The Morgan fingerprint density at radius 3 is 2.53 bits per heavy atom. The van der Waals surface area contributed by atoms with Gasteiger partial charge in [0.25, 0.3) is 0 Å². The molecule has 0 aromatic carbocycles. The topological polar surface area (TPSA) is 34.5 Å². The Bertz CT molecular complexity index is 302. The Balaban J connectivity index is 1.76. The van der Waals surface area contributed by atoms with Gasteiger partial charge in [-0.25, -0.2) is 0 Å². The standard InChI is InChI=1S/C11H16N2O2/c14-11(13-7-9-15-10-8-13)3-6-12-4-1-2-5-12/h1-2,4-5H,3,6-10H2. The molecule has 1 amide bonds. The van der Waals surface area contributed by atoms with Crippen LogP contribution in [0.2, 0.25) is 0 Å². The summed E-state index contributed by atoms with van der Waals surface area (Å²) in [6.07, 6.45) is 4.54. The fourth-order valence-corrected chi connectivity index (χ4v) is 1.71. The Labute approximate surface area is 89.4 Å². The Morgan fingerprint density at radius 1 is 1.20 bits per heavy atom. The van der Waals surface area contributed by atoms with E-state index >= 15 is 0 Å². The first kappa shape index (κ1) is 10.2. The van der Waals surface area contributed by atoms with Crippen molar-refractivity contribution in [2.45, 2.75) is 13.0 Å². The lowest BCUT2D eigenvalue weighted by Gasteiger charge is -2.26. The zero-order valence-corrected chi connectivity index (χ0v) is 8.76. The highest BCUT2D eigenvalue weighted by atomic mass is 16.5. The van der Waals surface area contributed by atoms with E-state index in [-0.39, 0.29) is 5.91 Å². The summed E-state index contributed by atoms with van der Waals surface area (Å²) >= 11 is 0. The maximum absolute atomic E-state index is 11.8. The van der Waals surface area contributed by atoms with Crippen LogP contribution in [0.5, 0.6) is 0 Å². The number of carbonyl (C=O) groups excluding carboxylic acids is 1. The van der Waals surface area contributed by atoms with Crippen LogP contribution in [0.15, 0.2) is 24.5 Å². The van der Waals surface area contributed by atoms with E-state index in [1.807, 2.05) is 34.0 Å². The third kappa shape index (κ3) is 2.83. The van der Waals surface area contributed by atoms with Gasteiger partial charge in [-0.05, 0) is 12.1 Å². The molecule has 2 rings (SSSR count). The average molecular weight is 208 g/mol. The maximum Gasteiger partial charge on any atom is 0.224 e. The second-order valence-electron chi connectivity index (χ2n) is 3.66. The van der Waals surface area contributed by atoms with Crippen LogP contribution in [0.1, 0.15) is 6.42 Å². The molecule has 82 valence electrons. The van der Waals surface area contributed by atoms with Crippen LogP contribution in [0.4, 0.5) is 0 Å². The van der Waals surface area contributed by atoms with E-state index in [1.165, 1.54) is 0 Å². The number of aryl methyl sites for hydroxylation is 1. The minimum atomic E-state index is 0.229. The molecule has 0 saturated carbocycles. The number of ether oxygens (including phenoxy) is 1. The average Bonchev–Trinajstić information content (AvgIpc) is 2.80. The minimum absolute atomic E-state index is 0.229. The van der Waals surface area contributed by atoms with Gasteiger partial charge in [-0.3, -0.25) is 4.79 Å². The van der Waals surface area contributed by atoms with E-state index in [4.69, 9.17) is 4.74 Å². The van der Waals surface area contributed by atoms with Gasteiger partial charge in [-0.15, -0.1) is 0 Å². The highest BCUT2D eigenvalue weighted by Crippen LogP contribution is 2.02. The zero-order chi connectivity index (χ0) is 10.5. The second-order valence-corrected chi connectivity index (χ2v) is 3.66. The number of hydrogen-bond donors (Lipinski definition) is 0. The first-order chi connectivity index (χ1) is 7.36. The van der Waals surface area contributed by atoms with Crippen LogP contribution in [-0.2, 0) is 16.1 Å². The van der Waals surface area contributed by atoms with Crippen molar-refractivity contribution in [3.8, 4) is 0 Å². The summed E-state index contributed by atoms with van der Waals surface area (Å²) < 4.78 is 7.23. The third-order valence-electron chi connectivity index (χ3n) is 2.61. The van der Waals surface area contributed by atoms with Crippen molar-refractivity contribution in [2.24, 2.45) is 0 Å². The molecule has 0 radical (unpaired) electrons. The van der Waals surface area contributed by atoms with Gasteiger partial charge in [0.2, 0.25) is 5.91 Å². The summed E-state index contributed by atoms with van der Waals surface area (Å²) in [7, 11) is 0. The van der Waals surface area contributed by atoms with Crippen molar-refractivity contribution in [1.82, 2.24) is 9.47 Å². The number of carbonyl (C=O) groups is 1. The van der Waals surface area contributed by atoms with Gasteiger partial charge < -0.3 is 14.2 Å². The maximum atomic E-state index is 11.8. The molecule has 4 nitrogen and oxygen atoms in total. The fraction of sp³-hybridized carbons (Fsp3) is 0.545. The molecule has 0 unspecified atom stereocenters. The molecule has 4 heteroatoms. The van der Waals surface area contributed by atoms with Crippen molar-refractivity contribution >= 4 is 5.91 Å². The van der Waals surface area contributed by atoms with Crippen LogP contribution in [0.3, 0.4) is 0 Å². The number of rotatable bonds is 3. The molecule has 1 aromatic rings. The molecule has 1 fully saturated rings. The lowest BCUT2D eigenvalue weighted by Crippen LogP contribution is -2.40. The van der Waals surface area contributed by atoms with Gasteiger partial charge in [0.05, 0.1) is 13.2 Å². The van der Waals surface area contributed by atoms with Crippen LogP contribution >= 0.6 is 0 Å². The highest BCUT2D eigenvalue weighted by molar-refractivity contribution is 5.76. The first-order valence-corrected chi connectivity index (χ1v) is 5.32. The Morgan fingerprint density at radius 2 is 1.87 bits per heavy atom. The Hall–Kier alpha value is -1.29. The summed E-state index contributed by atoms with van der Waals surface area (Å²) in [6.45, 7) is 3.60. The quantitative estimate of drug-likeness (QED) is 0.734. The van der Waals surface area contributed by atoms with Crippen LogP contribution in [-0.4, -0.2) is 41.7 Å². The monoisotopic (exact) mass is 208 g/mol. The van der Waals surface area contributed by atoms with Crippen molar-refractivity contribution < 1.29 is 9.53 Å². The zero-order valence-electron chi connectivity index (χ0n) is 8.76. The van der Waals surface area contributed by atoms with Crippen molar-refractivity contribution in [3.63, 3.8) is 0 Å². The molecule has 0 atom stereocenters. The molecule has 1 aliphatic heterocycles. The first-order valence-electron chi connectivity index (χ1n) is 5.32. The molecule has 1 aliphatic rings. The molecule has 0 aliphatic carbocycles. The van der Waals surface area contributed by atoms with E-state index in [9.17, 15) is 4.79 Å². The molecule has 0 spiro atoms. The lowest BCUT2D eigenvalue weighted by atomic mass is 10.3. The summed E-state index contributed by atoms with van der Waals surface area (Å²) in [4.78, 5) is 13.6. The molecule has 0 bridgehead atoms. The molecule has 15 heavy (non-hydrogen) atoms. The van der Waals surface area contributed by atoms with Gasteiger partial charge in [0, 0.05) is 38.4 Å². The van der Waals surface area contributed by atoms with Gasteiger partial charge in [0.1, 0.15) is 0 Å². The van der Waals surface area contributed by atoms with E-state index < -0.39 is 0 Å². The predicted octanol–water partition coefficient (Wildman–Crippen LogP) is 0.737. The molecule has 2 heterocycles. The minimum Gasteiger partial charge on any atom is -0.378 e. The summed E-state index contributed by atoms with van der Waals surface area (Å²) in [5.41, 5.74) is 0. The summed E-state index contributed by atoms with van der Waals surface area (Å²) in [6, 6.07) is 3.94. The fourth-order valence-electron chi connectivity index (χ4n) is 1.71. The number of hydrogen-bond acceptors (Lipinski definition) is 2. The summed E-state index contributed by atoms with van der Waals surface area (Å²) in [5, 5.41) is 0. The number of nitrogens with zero attached hydrogens (tertiary/aromatic N) is 2. The largest absolute Gasteiger partial charge is 0.378 e. The van der Waals surface area contributed by atoms with Gasteiger partial charge >= 0.3 is 0 Å². The second kappa shape index (κ2) is 4.98. The van der Waals surface area contributed by atoms with Crippen molar-refractivity contribution in [1.29, 1.82) is 0 Å². The van der Waals surface area contributed by atoms with Crippen LogP contribution in [0.25, 0.3) is 0 Å².